The van der Waals surface area contributed by atoms with E-state index in [0.717, 1.165) is 5.75 Å². The second kappa shape index (κ2) is 9.74. The van der Waals surface area contributed by atoms with E-state index in [-0.39, 0.29) is 0 Å². The van der Waals surface area contributed by atoms with Crippen LogP contribution in [0.1, 0.15) is 55.7 Å². The molecule has 0 amide bonds. The number of rotatable bonds is 6. The van der Waals surface area contributed by atoms with Gasteiger partial charge in [0.15, 0.2) is 0 Å². The van der Waals surface area contributed by atoms with Crippen molar-refractivity contribution in [1.82, 2.24) is 0 Å². The van der Waals surface area contributed by atoms with Gasteiger partial charge in [0.1, 0.15) is 0 Å². The molecule has 0 aliphatic carbocycles. The van der Waals surface area contributed by atoms with Crippen molar-refractivity contribution in [1.29, 1.82) is 0 Å². The van der Waals surface area contributed by atoms with Crippen LogP contribution in [0.3, 0.4) is 0 Å². The summed E-state index contributed by atoms with van der Waals surface area (Å²) in [4.78, 5) is 0. The molecule has 1 unspecified atom stereocenters. The second-order valence-electron chi connectivity index (χ2n) is 8.78. The van der Waals surface area contributed by atoms with Gasteiger partial charge in [0.05, 0.1) is 0 Å². The molecule has 2 aromatic rings. The zero-order valence-corrected chi connectivity index (χ0v) is 18.5. The van der Waals surface area contributed by atoms with Crippen molar-refractivity contribution in [2.75, 3.05) is 18.5 Å². The standard InChI is InChI=1S/C25H37OP/c1-21-13-12-14-22(2)25(21)26-23(3)19-27(17-10-5-4-6-11-18-27)20-24-15-8-7-9-16-24/h7-9,12-16,23,27H,4-6,10-11,17-20H2,1-3H3. The molecule has 2 heteroatoms. The molecule has 0 saturated carbocycles. The first kappa shape index (κ1) is 20.4. The summed E-state index contributed by atoms with van der Waals surface area (Å²) >= 11 is 0. The third-order valence-electron chi connectivity index (χ3n) is 6.28. The van der Waals surface area contributed by atoms with E-state index in [9.17, 15) is 0 Å². The van der Waals surface area contributed by atoms with Crippen LogP contribution in [-0.2, 0) is 6.16 Å². The molecule has 0 aromatic heterocycles. The summed E-state index contributed by atoms with van der Waals surface area (Å²) in [5.74, 6) is 1.11. The number of para-hydroxylation sites is 1. The average molecular weight is 385 g/mol. The van der Waals surface area contributed by atoms with E-state index >= 15 is 0 Å². The van der Waals surface area contributed by atoms with Gasteiger partial charge in [-0.25, -0.2) is 0 Å². The van der Waals surface area contributed by atoms with Gasteiger partial charge < -0.3 is 0 Å². The molecular weight excluding hydrogens is 347 g/mol. The van der Waals surface area contributed by atoms with Crippen molar-refractivity contribution in [3.8, 4) is 5.75 Å². The predicted molar refractivity (Wildman–Crippen MR) is 122 cm³/mol. The van der Waals surface area contributed by atoms with Crippen molar-refractivity contribution >= 4 is 7.26 Å². The Morgan fingerprint density at radius 3 is 2.04 bits per heavy atom. The van der Waals surface area contributed by atoms with Gasteiger partial charge in [-0.1, -0.05) is 0 Å². The van der Waals surface area contributed by atoms with Crippen molar-refractivity contribution in [2.24, 2.45) is 0 Å². The van der Waals surface area contributed by atoms with Gasteiger partial charge in [-0.3, -0.25) is 0 Å². The quantitative estimate of drug-likeness (QED) is 0.488. The van der Waals surface area contributed by atoms with Gasteiger partial charge in [-0.15, -0.1) is 0 Å². The van der Waals surface area contributed by atoms with E-state index < -0.39 is 7.26 Å². The molecule has 1 aliphatic rings. The molecular formula is C25H37OP. The third-order valence-corrected chi connectivity index (χ3v) is 11.7. The first-order valence-electron chi connectivity index (χ1n) is 10.8. The molecule has 1 fully saturated rings. The van der Waals surface area contributed by atoms with Gasteiger partial charge in [-0.05, 0) is 0 Å². The number of benzene rings is 2. The molecule has 1 saturated heterocycles. The number of aryl methyl sites for hydroxylation is 2. The van der Waals surface area contributed by atoms with E-state index in [2.05, 4.69) is 69.3 Å². The molecule has 1 heterocycles. The van der Waals surface area contributed by atoms with Crippen LogP contribution < -0.4 is 4.74 Å². The number of ether oxygens (including phenoxy) is 1. The summed E-state index contributed by atoms with van der Waals surface area (Å²) in [6.07, 6.45) is 13.0. The van der Waals surface area contributed by atoms with Crippen molar-refractivity contribution in [2.45, 2.75) is 65.1 Å². The van der Waals surface area contributed by atoms with E-state index in [1.165, 1.54) is 67.9 Å². The van der Waals surface area contributed by atoms with Crippen LogP contribution in [-0.4, -0.2) is 24.6 Å². The van der Waals surface area contributed by atoms with Gasteiger partial charge >= 0.3 is 167 Å². The third kappa shape index (κ3) is 5.82. The molecule has 0 spiro atoms. The van der Waals surface area contributed by atoms with E-state index in [4.69, 9.17) is 4.74 Å². The summed E-state index contributed by atoms with van der Waals surface area (Å²) in [5, 5.41) is 0. The van der Waals surface area contributed by atoms with Crippen LogP contribution in [0.2, 0.25) is 0 Å². The molecule has 1 atom stereocenters. The Morgan fingerprint density at radius 2 is 1.41 bits per heavy atom. The molecule has 1 nitrogen and oxygen atoms in total. The maximum atomic E-state index is 6.55. The predicted octanol–water partition coefficient (Wildman–Crippen LogP) is 6.98. The SMILES string of the molecule is Cc1cccc(C)c1OC(C)C[PH]1(Cc2ccccc2)CCCCCCC1. The van der Waals surface area contributed by atoms with Crippen LogP contribution >= 0.6 is 7.26 Å². The minimum absolute atomic E-state index is 0.305. The normalized spacial score (nSPS) is 19.5. The summed E-state index contributed by atoms with van der Waals surface area (Å²) in [7, 11) is -1.38. The van der Waals surface area contributed by atoms with Crippen molar-refractivity contribution in [3.63, 3.8) is 0 Å². The van der Waals surface area contributed by atoms with Crippen LogP contribution in [0, 0.1) is 13.8 Å². The molecule has 148 valence electrons. The monoisotopic (exact) mass is 384 g/mol. The Balaban J connectivity index is 1.77. The summed E-state index contributed by atoms with van der Waals surface area (Å²) < 4.78 is 6.55. The Morgan fingerprint density at radius 1 is 0.815 bits per heavy atom. The van der Waals surface area contributed by atoms with E-state index in [1.54, 1.807) is 5.56 Å². The first-order valence-corrected chi connectivity index (χ1v) is 13.7. The van der Waals surface area contributed by atoms with Gasteiger partial charge in [0.25, 0.3) is 0 Å². The number of hydrogen-bond donors (Lipinski definition) is 0. The van der Waals surface area contributed by atoms with Gasteiger partial charge in [0.2, 0.25) is 0 Å². The molecule has 1 aliphatic heterocycles. The van der Waals surface area contributed by atoms with E-state index in [1.807, 2.05) is 0 Å². The Kier molecular flexibility index (Phi) is 7.36. The first-order chi connectivity index (χ1) is 13.1. The van der Waals surface area contributed by atoms with Crippen LogP contribution in [0.25, 0.3) is 0 Å². The average Bonchev–Trinajstić information content (AvgIpc) is 2.63. The Labute approximate surface area is 166 Å². The van der Waals surface area contributed by atoms with E-state index in [0.29, 0.717) is 6.10 Å². The fraction of sp³-hybridized carbons (Fsp3) is 0.520. The molecule has 0 N–H and O–H groups in total. The topological polar surface area (TPSA) is 9.23 Å². The summed E-state index contributed by atoms with van der Waals surface area (Å²) in [5.41, 5.74) is 4.07. The summed E-state index contributed by atoms with van der Waals surface area (Å²) in [6.45, 7) is 6.65. The van der Waals surface area contributed by atoms with Crippen molar-refractivity contribution < 1.29 is 4.74 Å². The van der Waals surface area contributed by atoms with Gasteiger partial charge in [0, 0.05) is 0 Å². The van der Waals surface area contributed by atoms with Gasteiger partial charge in [-0.2, -0.15) is 0 Å². The molecule has 0 radical (unpaired) electrons. The van der Waals surface area contributed by atoms with Crippen molar-refractivity contribution in [3.05, 3.63) is 65.2 Å². The number of hydrogen-bond acceptors (Lipinski definition) is 1. The second-order valence-corrected chi connectivity index (χ2v) is 13.5. The Hall–Kier alpha value is -1.33. The summed E-state index contributed by atoms with van der Waals surface area (Å²) in [6, 6.07) is 17.7. The van der Waals surface area contributed by atoms with Crippen LogP contribution in [0.15, 0.2) is 48.5 Å². The molecule has 2 aromatic carbocycles. The maximum absolute atomic E-state index is 6.55. The molecule has 3 rings (SSSR count). The Bertz CT molecular complexity index is 681. The zero-order valence-electron chi connectivity index (χ0n) is 17.5. The molecule has 0 bridgehead atoms. The minimum atomic E-state index is -1.38. The fourth-order valence-electron chi connectivity index (χ4n) is 4.97. The van der Waals surface area contributed by atoms with Crippen LogP contribution in [0.4, 0.5) is 0 Å². The fourth-order valence-corrected chi connectivity index (χ4v) is 10.5. The van der Waals surface area contributed by atoms with Crippen LogP contribution in [0.5, 0.6) is 5.75 Å². The zero-order chi connectivity index (χ0) is 19.1. The molecule has 27 heavy (non-hydrogen) atoms.